The predicted octanol–water partition coefficient (Wildman–Crippen LogP) is 9.21. The van der Waals surface area contributed by atoms with Crippen molar-refractivity contribution in [3.05, 3.63) is 127 Å². The maximum Gasteiger partial charge on any atom is 0.271 e. The van der Waals surface area contributed by atoms with E-state index in [-0.39, 0.29) is 18.3 Å². The van der Waals surface area contributed by atoms with E-state index in [0.29, 0.717) is 36.4 Å². The van der Waals surface area contributed by atoms with Crippen molar-refractivity contribution >= 4 is 77.7 Å². The predicted molar refractivity (Wildman–Crippen MR) is 170 cm³/mol. The summed E-state index contributed by atoms with van der Waals surface area (Å²) >= 11 is 14.4. The fourth-order valence-corrected chi connectivity index (χ4v) is 6.02. The smallest absolute Gasteiger partial charge is 0.271 e. The average Bonchev–Trinajstić information content (AvgIpc) is 3.43. The molecule has 1 aromatic heterocycles. The summed E-state index contributed by atoms with van der Waals surface area (Å²) in [7, 11) is 0. The number of rotatable bonds is 9. The Hall–Kier alpha value is -3.57. The molecule has 0 unspecified atom stereocenters. The highest BCUT2D eigenvalue weighted by Crippen LogP contribution is 2.35. The van der Waals surface area contributed by atoms with Crippen LogP contribution in [0.25, 0.3) is 11.3 Å². The summed E-state index contributed by atoms with van der Waals surface area (Å²) in [4.78, 5) is 17.2. The first-order valence-corrected chi connectivity index (χ1v) is 15.0. The molecule has 0 saturated carbocycles. The van der Waals surface area contributed by atoms with Crippen LogP contribution < -0.4 is 15.5 Å². The standard InChI is InChI=1S/C30H20Br2ClFN4O2S/c31-24-13-18(14-25(32)28(24)40-16-21-3-1-2-4-26(21)34)15-35-38-29(39)20-7-5-19(6-8-20)27-17-41-30(37-27)36-23-11-9-22(33)10-12-23/h1-15,17H,16H2,(H,36,37)(H,38,39)/b35-15-. The lowest BCUT2D eigenvalue weighted by Crippen LogP contribution is -2.17. The quantitative estimate of drug-likeness (QED) is 0.118. The first-order chi connectivity index (χ1) is 19.9. The van der Waals surface area contributed by atoms with Crippen molar-refractivity contribution < 1.29 is 13.9 Å². The highest BCUT2D eigenvalue weighted by atomic mass is 79.9. The summed E-state index contributed by atoms with van der Waals surface area (Å²) in [5.74, 6) is -0.143. The summed E-state index contributed by atoms with van der Waals surface area (Å²) < 4.78 is 21.0. The Kier molecular flexibility index (Phi) is 9.45. The van der Waals surface area contributed by atoms with Crippen molar-refractivity contribution in [2.75, 3.05) is 5.32 Å². The molecular weight excluding hydrogens is 695 g/mol. The molecule has 0 spiro atoms. The van der Waals surface area contributed by atoms with Gasteiger partial charge < -0.3 is 10.1 Å². The zero-order valence-electron chi connectivity index (χ0n) is 21.1. The van der Waals surface area contributed by atoms with Crippen molar-refractivity contribution in [3.63, 3.8) is 0 Å². The minimum absolute atomic E-state index is 0.0795. The number of halogens is 4. The first kappa shape index (κ1) is 28.9. The van der Waals surface area contributed by atoms with E-state index >= 15 is 0 Å². The number of hydrazone groups is 1. The molecule has 11 heteroatoms. The van der Waals surface area contributed by atoms with Gasteiger partial charge in [-0.1, -0.05) is 41.9 Å². The number of nitrogens with one attached hydrogen (secondary N) is 2. The van der Waals surface area contributed by atoms with E-state index in [0.717, 1.165) is 22.1 Å². The number of benzene rings is 4. The highest BCUT2D eigenvalue weighted by Gasteiger charge is 2.11. The molecular formula is C30H20Br2ClFN4O2S. The van der Waals surface area contributed by atoms with Gasteiger partial charge in [0.25, 0.3) is 5.91 Å². The largest absolute Gasteiger partial charge is 0.486 e. The van der Waals surface area contributed by atoms with Gasteiger partial charge in [0.05, 0.1) is 20.9 Å². The number of hydrogen-bond donors (Lipinski definition) is 2. The van der Waals surface area contributed by atoms with Crippen LogP contribution in [0.5, 0.6) is 5.75 Å². The number of carbonyl (C=O) groups excluding carboxylic acids is 1. The Morgan fingerprint density at radius 1 is 1.02 bits per heavy atom. The number of aromatic nitrogens is 1. The number of carbonyl (C=O) groups is 1. The minimum atomic E-state index is -0.348. The maximum absolute atomic E-state index is 13.9. The minimum Gasteiger partial charge on any atom is -0.486 e. The summed E-state index contributed by atoms with van der Waals surface area (Å²) in [5.41, 5.74) is 6.75. The number of anilines is 2. The summed E-state index contributed by atoms with van der Waals surface area (Å²) in [5, 5.41) is 10.7. The molecule has 5 aromatic rings. The van der Waals surface area contributed by atoms with E-state index in [4.69, 9.17) is 16.3 Å². The molecule has 2 N–H and O–H groups in total. The van der Waals surface area contributed by atoms with E-state index < -0.39 is 0 Å². The molecule has 0 radical (unpaired) electrons. The Balaban J connectivity index is 1.17. The van der Waals surface area contributed by atoms with E-state index in [2.05, 4.69) is 52.7 Å². The lowest BCUT2D eigenvalue weighted by molar-refractivity contribution is 0.0955. The number of nitrogens with zero attached hydrogens (tertiary/aromatic N) is 2. The van der Waals surface area contributed by atoms with Crippen LogP contribution in [0.2, 0.25) is 5.02 Å². The van der Waals surface area contributed by atoms with Gasteiger partial charge in [0.2, 0.25) is 0 Å². The van der Waals surface area contributed by atoms with Gasteiger partial charge >= 0.3 is 0 Å². The van der Waals surface area contributed by atoms with Crippen LogP contribution >= 0.6 is 54.8 Å². The summed E-state index contributed by atoms with van der Waals surface area (Å²) in [6.07, 6.45) is 1.52. The van der Waals surface area contributed by atoms with Crippen molar-refractivity contribution in [2.45, 2.75) is 6.61 Å². The molecule has 5 rings (SSSR count). The molecule has 0 atom stereocenters. The van der Waals surface area contributed by atoms with Crippen LogP contribution in [0.3, 0.4) is 0 Å². The van der Waals surface area contributed by atoms with Gasteiger partial charge in [-0.15, -0.1) is 11.3 Å². The molecule has 41 heavy (non-hydrogen) atoms. The molecule has 0 bridgehead atoms. The Bertz CT molecular complexity index is 1690. The van der Waals surface area contributed by atoms with Crippen LogP contribution in [0.4, 0.5) is 15.2 Å². The first-order valence-electron chi connectivity index (χ1n) is 12.1. The molecule has 1 heterocycles. The Labute approximate surface area is 261 Å². The van der Waals surface area contributed by atoms with Crippen LogP contribution in [0, 0.1) is 5.82 Å². The second-order valence-corrected chi connectivity index (χ2v) is 11.6. The molecule has 4 aromatic carbocycles. The van der Waals surface area contributed by atoms with E-state index in [1.165, 1.54) is 23.6 Å². The molecule has 6 nitrogen and oxygen atoms in total. The second kappa shape index (κ2) is 13.4. The average molecular weight is 715 g/mol. The van der Waals surface area contributed by atoms with E-state index in [1.807, 2.05) is 41.8 Å². The number of amides is 1. The van der Waals surface area contributed by atoms with Gasteiger partial charge in [-0.2, -0.15) is 5.10 Å². The fraction of sp³-hybridized carbons (Fsp3) is 0.0333. The third-order valence-corrected chi connectivity index (χ3v) is 7.96. The van der Waals surface area contributed by atoms with Gasteiger partial charge in [0.1, 0.15) is 18.2 Å². The second-order valence-electron chi connectivity index (χ2n) is 8.64. The topological polar surface area (TPSA) is 75.6 Å². The Morgan fingerprint density at radius 3 is 2.44 bits per heavy atom. The summed E-state index contributed by atoms with van der Waals surface area (Å²) in [6.45, 7) is 0.0795. The van der Waals surface area contributed by atoms with Gasteiger partial charge in [-0.05, 0) is 92.0 Å². The molecule has 0 aliphatic carbocycles. The fourth-order valence-electron chi connectivity index (χ4n) is 3.70. The number of hydrogen-bond acceptors (Lipinski definition) is 6. The normalized spacial score (nSPS) is 11.0. The van der Waals surface area contributed by atoms with Crippen molar-refractivity contribution in [2.24, 2.45) is 5.10 Å². The monoisotopic (exact) mass is 712 g/mol. The number of thiazole rings is 1. The SMILES string of the molecule is O=C(N/N=C\c1cc(Br)c(OCc2ccccc2F)c(Br)c1)c1ccc(-c2csc(Nc3ccc(Cl)cc3)n2)cc1. The van der Waals surface area contributed by atoms with Crippen LogP contribution in [-0.2, 0) is 6.61 Å². The zero-order valence-corrected chi connectivity index (χ0v) is 25.8. The van der Waals surface area contributed by atoms with Gasteiger partial charge in [-0.3, -0.25) is 4.79 Å². The Morgan fingerprint density at radius 2 is 1.73 bits per heavy atom. The van der Waals surface area contributed by atoms with Gasteiger partial charge in [0, 0.05) is 32.8 Å². The van der Waals surface area contributed by atoms with Crippen molar-refractivity contribution in [1.29, 1.82) is 0 Å². The van der Waals surface area contributed by atoms with Crippen LogP contribution in [-0.4, -0.2) is 17.1 Å². The van der Waals surface area contributed by atoms with Gasteiger partial charge in [0.15, 0.2) is 5.13 Å². The molecule has 206 valence electrons. The molecule has 1 amide bonds. The van der Waals surface area contributed by atoms with Crippen LogP contribution in [0.15, 0.2) is 104 Å². The molecule has 0 aliphatic rings. The van der Waals surface area contributed by atoms with Gasteiger partial charge in [-0.25, -0.2) is 14.8 Å². The number of ether oxygens (including phenoxy) is 1. The maximum atomic E-state index is 13.9. The summed E-state index contributed by atoms with van der Waals surface area (Å²) in [6, 6.07) is 24.6. The third kappa shape index (κ3) is 7.59. The van der Waals surface area contributed by atoms with Crippen molar-refractivity contribution in [1.82, 2.24) is 10.4 Å². The molecule has 0 fully saturated rings. The molecule has 0 saturated heterocycles. The molecule has 0 aliphatic heterocycles. The van der Waals surface area contributed by atoms with Crippen molar-refractivity contribution in [3.8, 4) is 17.0 Å². The lowest BCUT2D eigenvalue weighted by atomic mass is 10.1. The third-order valence-electron chi connectivity index (χ3n) is 5.77. The van der Waals surface area contributed by atoms with E-state index in [1.54, 1.807) is 42.5 Å². The van der Waals surface area contributed by atoms with Crippen LogP contribution in [0.1, 0.15) is 21.5 Å². The zero-order chi connectivity index (χ0) is 28.8. The highest BCUT2D eigenvalue weighted by molar-refractivity contribution is 9.11. The van der Waals surface area contributed by atoms with E-state index in [9.17, 15) is 9.18 Å². The lowest BCUT2D eigenvalue weighted by Gasteiger charge is -2.11.